The van der Waals surface area contributed by atoms with E-state index in [1.54, 1.807) is 0 Å². The van der Waals surface area contributed by atoms with Gasteiger partial charge in [0.25, 0.3) is 0 Å². The molecule has 2 atom stereocenters. The lowest BCUT2D eigenvalue weighted by Crippen LogP contribution is -2.43. The van der Waals surface area contributed by atoms with Crippen molar-refractivity contribution in [3.05, 3.63) is 0 Å². The number of carboxylic acids is 2. The van der Waals surface area contributed by atoms with Crippen LogP contribution >= 0.6 is 15.2 Å². The van der Waals surface area contributed by atoms with E-state index in [0.717, 1.165) is 0 Å². The van der Waals surface area contributed by atoms with Crippen molar-refractivity contribution < 1.29 is 53.6 Å². The van der Waals surface area contributed by atoms with Crippen LogP contribution in [0.25, 0.3) is 0 Å². The molecular weight excluding hydrogens is 310 g/mol. The second kappa shape index (κ2) is 6.10. The van der Waals surface area contributed by atoms with Crippen LogP contribution in [0, 0.1) is 5.92 Å². The minimum atomic E-state index is -5.43. The molecule has 11 nitrogen and oxygen atoms in total. The van der Waals surface area contributed by atoms with Crippen molar-refractivity contribution in [2.24, 2.45) is 5.92 Å². The van der Waals surface area contributed by atoms with Gasteiger partial charge in [0.05, 0.1) is 0 Å². The lowest BCUT2D eigenvalue weighted by atomic mass is 10.0. The molecule has 0 aromatic rings. The van der Waals surface area contributed by atoms with Gasteiger partial charge in [0.2, 0.25) is 0 Å². The third kappa shape index (κ3) is 4.66. The molecule has 112 valence electrons. The van der Waals surface area contributed by atoms with E-state index in [-0.39, 0.29) is 0 Å². The summed E-state index contributed by atoms with van der Waals surface area (Å²) in [6, 6.07) is 0. The van der Waals surface area contributed by atoms with Gasteiger partial charge in [-0.05, 0) is 0 Å². The highest BCUT2D eigenvalue weighted by Crippen LogP contribution is 2.53. The third-order valence-electron chi connectivity index (χ3n) is 2.25. The molecule has 0 radical (unpaired) electrons. The summed E-state index contributed by atoms with van der Waals surface area (Å²) in [5.41, 5.74) is -5.49. The normalized spacial score (nSPS) is 17.5. The zero-order valence-electron chi connectivity index (χ0n) is 9.10. The van der Waals surface area contributed by atoms with Crippen LogP contribution in [0.4, 0.5) is 0 Å². The monoisotopic (exact) mass is 322 g/mol. The van der Waals surface area contributed by atoms with Gasteiger partial charge in [-0.1, -0.05) is 0 Å². The zero-order valence-corrected chi connectivity index (χ0v) is 10.9. The largest absolute Gasteiger partial charge is 0.481 e. The van der Waals surface area contributed by atoms with Crippen molar-refractivity contribution in [2.45, 2.75) is 11.3 Å². The molecule has 0 saturated heterocycles. The van der Waals surface area contributed by atoms with Gasteiger partial charge in [-0.25, -0.2) is 0 Å². The van der Waals surface area contributed by atoms with E-state index in [4.69, 9.17) is 34.9 Å². The third-order valence-corrected chi connectivity index (χ3v) is 4.91. The van der Waals surface area contributed by atoms with E-state index in [9.17, 15) is 18.7 Å². The number of hydrogen-bond acceptors (Lipinski definition) is 5. The Bertz CT molecular complexity index is 406. The van der Waals surface area contributed by atoms with Crippen LogP contribution < -0.4 is 0 Å². The molecule has 7 N–H and O–H groups in total. The van der Waals surface area contributed by atoms with Gasteiger partial charge in [-0.2, -0.15) is 0 Å². The quantitative estimate of drug-likeness (QED) is 0.251. The second-order valence-electron chi connectivity index (χ2n) is 3.59. The molecule has 0 aromatic heterocycles. The van der Waals surface area contributed by atoms with E-state index in [2.05, 4.69) is 0 Å². The highest BCUT2D eigenvalue weighted by atomic mass is 31.2. The minimum Gasteiger partial charge on any atom is -0.481 e. The molecule has 0 fully saturated rings. The molecule has 0 heterocycles. The fourth-order valence-electron chi connectivity index (χ4n) is 1.53. The molecule has 0 aromatic carbocycles. The number of aliphatic hydroxyl groups is 1. The summed E-state index contributed by atoms with van der Waals surface area (Å²) in [4.78, 5) is 56.8. The first-order chi connectivity index (χ1) is 8.34. The van der Waals surface area contributed by atoms with Crippen molar-refractivity contribution in [3.63, 3.8) is 0 Å². The zero-order chi connectivity index (χ0) is 15.6. The minimum absolute atomic E-state index is 1.44. The van der Waals surface area contributed by atoms with Crippen LogP contribution in [0.5, 0.6) is 0 Å². The van der Waals surface area contributed by atoms with Crippen molar-refractivity contribution in [1.29, 1.82) is 0 Å². The van der Waals surface area contributed by atoms with Gasteiger partial charge in [-0.3, -0.25) is 18.7 Å². The van der Waals surface area contributed by atoms with E-state index in [0.29, 0.717) is 0 Å². The average molecular weight is 322 g/mol. The summed E-state index contributed by atoms with van der Waals surface area (Å²) in [5, 5.41) is 26.2. The maximum atomic E-state index is 11.0. The van der Waals surface area contributed by atoms with Crippen LogP contribution in [0.3, 0.4) is 0 Å². The number of rotatable bonds is 7. The van der Waals surface area contributed by atoms with Gasteiger partial charge < -0.3 is 34.9 Å². The first-order valence-electron chi connectivity index (χ1n) is 4.51. The summed E-state index contributed by atoms with van der Waals surface area (Å²) in [6.07, 6.45) is 0. The van der Waals surface area contributed by atoms with Crippen LogP contribution in [-0.4, -0.2) is 64.8 Å². The van der Waals surface area contributed by atoms with Crippen LogP contribution in [0.1, 0.15) is 0 Å². The molecule has 0 aliphatic rings. The highest BCUT2D eigenvalue weighted by Gasteiger charge is 2.53. The van der Waals surface area contributed by atoms with E-state index in [1.165, 1.54) is 0 Å². The Balaban J connectivity index is 5.85. The predicted octanol–water partition coefficient (Wildman–Crippen LogP) is -2.14. The Labute approximate surface area is 105 Å². The van der Waals surface area contributed by atoms with Crippen molar-refractivity contribution in [3.8, 4) is 0 Å². The summed E-state index contributed by atoms with van der Waals surface area (Å²) in [7, 11) is -10.9. The van der Waals surface area contributed by atoms with Crippen molar-refractivity contribution in [2.75, 3.05) is 6.61 Å². The van der Waals surface area contributed by atoms with E-state index < -0.39 is 51.0 Å². The molecule has 0 saturated carbocycles. The Morgan fingerprint density at radius 3 is 1.21 bits per heavy atom. The van der Waals surface area contributed by atoms with Crippen LogP contribution in [-0.2, 0) is 18.7 Å². The van der Waals surface area contributed by atoms with Gasteiger partial charge in [0.15, 0.2) is 11.3 Å². The Kier molecular flexibility index (Phi) is 5.84. The van der Waals surface area contributed by atoms with E-state index >= 15 is 0 Å². The van der Waals surface area contributed by atoms with Gasteiger partial charge in [0.1, 0.15) is 0 Å². The molecule has 0 aliphatic carbocycles. The molecule has 19 heavy (non-hydrogen) atoms. The molecule has 0 amide bonds. The molecular formula is C6H12O11P2. The second-order valence-corrected chi connectivity index (χ2v) is 7.06. The summed E-state index contributed by atoms with van der Waals surface area (Å²) >= 11 is 0. The molecule has 0 rings (SSSR count). The number of hydrogen-bond donors (Lipinski definition) is 7. The maximum absolute atomic E-state index is 11.0. The van der Waals surface area contributed by atoms with Crippen molar-refractivity contribution in [1.82, 2.24) is 0 Å². The number of carboxylic acid groups (broad SMARTS) is 2. The maximum Gasteiger partial charge on any atom is 0.340 e. The van der Waals surface area contributed by atoms with Gasteiger partial charge in [-0.15, -0.1) is 0 Å². The summed E-state index contributed by atoms with van der Waals surface area (Å²) in [6.45, 7) is -1.44. The number of aliphatic hydroxyl groups excluding tert-OH is 1. The average Bonchev–Trinajstić information content (AvgIpc) is 2.10. The Morgan fingerprint density at radius 2 is 1.11 bits per heavy atom. The first-order valence-corrected chi connectivity index (χ1v) is 7.87. The molecule has 0 bridgehead atoms. The highest BCUT2D eigenvalue weighted by molar-refractivity contribution is 7.55. The molecule has 13 heteroatoms. The SMILES string of the molecule is O=C(O)C(C(CO)C(C(=O)O)P(=O)(O)O)P(=O)(O)O. The Hall–Kier alpha value is -0.800. The molecule has 0 aliphatic heterocycles. The van der Waals surface area contributed by atoms with Crippen LogP contribution in [0.15, 0.2) is 0 Å². The van der Waals surface area contributed by atoms with Crippen molar-refractivity contribution >= 4 is 27.1 Å². The first kappa shape index (κ1) is 18.2. The predicted molar refractivity (Wildman–Crippen MR) is 57.5 cm³/mol. The number of aliphatic carboxylic acids is 2. The molecule has 2 unspecified atom stereocenters. The standard InChI is InChI=1S/C6H12O11P2/c7-1-2(3(5(8)9)18(12,13)14)4(6(10)11)19(15,16)17/h2-4,7H,1H2,(H,8,9)(H,10,11)(H2,12,13,14)(H2,15,16,17). The smallest absolute Gasteiger partial charge is 0.340 e. The summed E-state index contributed by atoms with van der Waals surface area (Å²) < 4.78 is 22.0. The van der Waals surface area contributed by atoms with Gasteiger partial charge >= 0.3 is 27.1 Å². The number of carbonyl (C=O) groups is 2. The fraction of sp³-hybridized carbons (Fsp3) is 0.667. The summed E-state index contributed by atoms with van der Waals surface area (Å²) in [5.74, 6) is -6.70. The molecule has 0 spiro atoms. The fourth-order valence-corrected chi connectivity index (χ4v) is 3.77. The Morgan fingerprint density at radius 1 is 0.842 bits per heavy atom. The lowest BCUT2D eigenvalue weighted by molar-refractivity contribution is -0.141. The lowest BCUT2D eigenvalue weighted by Gasteiger charge is -2.28. The van der Waals surface area contributed by atoms with E-state index in [1.807, 2.05) is 0 Å². The topological polar surface area (TPSA) is 210 Å². The van der Waals surface area contributed by atoms with Crippen LogP contribution in [0.2, 0.25) is 0 Å². The van der Waals surface area contributed by atoms with Gasteiger partial charge in [0, 0.05) is 12.5 Å².